The number of halogens is 1. The van der Waals surface area contributed by atoms with E-state index < -0.39 is 5.82 Å². The lowest BCUT2D eigenvalue weighted by molar-refractivity contribution is -0.121. The van der Waals surface area contributed by atoms with E-state index in [2.05, 4.69) is 5.32 Å². The monoisotopic (exact) mass is 406 g/mol. The fourth-order valence-electron chi connectivity index (χ4n) is 3.32. The molecule has 1 heterocycles. The van der Waals surface area contributed by atoms with Crippen molar-refractivity contribution in [3.63, 3.8) is 0 Å². The Bertz CT molecular complexity index is 1040. The minimum Gasteiger partial charge on any atom is -0.324 e. The second-order valence-electron chi connectivity index (χ2n) is 6.73. The van der Waals surface area contributed by atoms with Crippen molar-refractivity contribution in [3.05, 3.63) is 90.2 Å². The molecule has 1 unspecified atom stereocenters. The number of fused-ring (bicyclic) bond motifs is 1. The molecule has 0 saturated heterocycles. The number of hydrogen-bond donors (Lipinski definition) is 1. The summed E-state index contributed by atoms with van der Waals surface area (Å²) in [4.78, 5) is 28.1. The van der Waals surface area contributed by atoms with Crippen molar-refractivity contribution in [2.24, 2.45) is 0 Å². The number of benzene rings is 3. The molecule has 1 aliphatic rings. The highest BCUT2D eigenvalue weighted by molar-refractivity contribution is 7.99. The standard InChI is InChI=1S/C23H19FN2O2S/c24-17-9-6-10-18(13-17)25-22(27)15-26-19-11-4-5-12-20(19)29-21(14-23(26)28)16-7-2-1-3-8-16/h1-13,21H,14-15H2,(H,25,27). The molecule has 0 saturated carbocycles. The molecule has 1 atom stereocenters. The summed E-state index contributed by atoms with van der Waals surface area (Å²) in [5.41, 5.74) is 2.16. The number of nitrogens with zero attached hydrogens (tertiary/aromatic N) is 1. The van der Waals surface area contributed by atoms with Gasteiger partial charge in [0.15, 0.2) is 0 Å². The van der Waals surface area contributed by atoms with Gasteiger partial charge >= 0.3 is 0 Å². The number of carbonyl (C=O) groups is 2. The van der Waals surface area contributed by atoms with Crippen LogP contribution in [0, 0.1) is 5.82 Å². The number of para-hydroxylation sites is 1. The minimum absolute atomic E-state index is 0.0267. The number of thioether (sulfide) groups is 1. The Hall–Kier alpha value is -3.12. The average molecular weight is 406 g/mol. The van der Waals surface area contributed by atoms with Crippen molar-refractivity contribution >= 4 is 35.0 Å². The van der Waals surface area contributed by atoms with Crippen LogP contribution < -0.4 is 10.2 Å². The molecule has 0 spiro atoms. The van der Waals surface area contributed by atoms with Gasteiger partial charge in [-0.1, -0.05) is 48.5 Å². The van der Waals surface area contributed by atoms with Crippen molar-refractivity contribution in [2.45, 2.75) is 16.6 Å². The van der Waals surface area contributed by atoms with Crippen LogP contribution in [0.5, 0.6) is 0 Å². The van der Waals surface area contributed by atoms with E-state index in [1.807, 2.05) is 54.6 Å². The van der Waals surface area contributed by atoms with Crippen LogP contribution in [-0.2, 0) is 9.59 Å². The SMILES string of the molecule is O=C(CN1C(=O)CC(c2ccccc2)Sc2ccccc21)Nc1cccc(F)c1. The molecule has 4 nitrogen and oxygen atoms in total. The fourth-order valence-corrected chi connectivity index (χ4v) is 4.60. The Labute approximate surface area is 172 Å². The third-order valence-corrected chi connectivity index (χ3v) is 5.99. The lowest BCUT2D eigenvalue weighted by Gasteiger charge is -2.22. The Morgan fingerprint density at radius 3 is 2.59 bits per heavy atom. The maximum atomic E-state index is 13.4. The van der Waals surface area contributed by atoms with E-state index in [1.54, 1.807) is 17.8 Å². The van der Waals surface area contributed by atoms with Gasteiger partial charge in [-0.3, -0.25) is 9.59 Å². The second kappa shape index (κ2) is 8.49. The van der Waals surface area contributed by atoms with Crippen LogP contribution in [0.3, 0.4) is 0 Å². The van der Waals surface area contributed by atoms with Gasteiger partial charge < -0.3 is 10.2 Å². The normalized spacial score (nSPS) is 16.1. The Morgan fingerprint density at radius 2 is 1.79 bits per heavy atom. The topological polar surface area (TPSA) is 49.4 Å². The first-order chi connectivity index (χ1) is 14.1. The summed E-state index contributed by atoms with van der Waals surface area (Å²) in [7, 11) is 0. The third-order valence-electron chi connectivity index (χ3n) is 4.67. The van der Waals surface area contributed by atoms with Crippen molar-refractivity contribution in [1.82, 2.24) is 0 Å². The molecule has 1 aliphatic heterocycles. The van der Waals surface area contributed by atoms with Gasteiger partial charge in [-0.2, -0.15) is 0 Å². The number of hydrogen-bond acceptors (Lipinski definition) is 3. The molecule has 4 rings (SSSR count). The van der Waals surface area contributed by atoms with E-state index in [4.69, 9.17) is 0 Å². The predicted molar refractivity (Wildman–Crippen MR) is 113 cm³/mol. The molecule has 146 valence electrons. The van der Waals surface area contributed by atoms with Crippen LogP contribution in [0.4, 0.5) is 15.8 Å². The predicted octanol–water partition coefficient (Wildman–Crippen LogP) is 5.03. The molecule has 29 heavy (non-hydrogen) atoms. The summed E-state index contributed by atoms with van der Waals surface area (Å²) in [6.07, 6.45) is 0.288. The van der Waals surface area contributed by atoms with Gasteiger partial charge in [0.2, 0.25) is 11.8 Å². The zero-order chi connectivity index (χ0) is 20.2. The highest BCUT2D eigenvalue weighted by atomic mass is 32.2. The highest BCUT2D eigenvalue weighted by Gasteiger charge is 2.30. The quantitative estimate of drug-likeness (QED) is 0.661. The number of anilines is 2. The average Bonchev–Trinajstić information content (AvgIpc) is 2.85. The molecule has 3 aromatic rings. The molecule has 0 bridgehead atoms. The maximum absolute atomic E-state index is 13.4. The third kappa shape index (κ3) is 4.49. The minimum atomic E-state index is -0.430. The van der Waals surface area contributed by atoms with Crippen molar-refractivity contribution < 1.29 is 14.0 Å². The summed E-state index contributed by atoms with van der Waals surface area (Å²) >= 11 is 1.63. The lowest BCUT2D eigenvalue weighted by Crippen LogP contribution is -2.38. The van der Waals surface area contributed by atoms with E-state index in [0.29, 0.717) is 5.69 Å². The van der Waals surface area contributed by atoms with Gasteiger partial charge in [-0.15, -0.1) is 11.8 Å². The first kappa shape index (κ1) is 19.2. The molecule has 0 fully saturated rings. The summed E-state index contributed by atoms with van der Waals surface area (Å²) in [6.45, 7) is -0.131. The van der Waals surface area contributed by atoms with Crippen LogP contribution >= 0.6 is 11.8 Å². The summed E-state index contributed by atoms with van der Waals surface area (Å²) in [5, 5.41) is 2.64. The molecule has 0 radical (unpaired) electrons. The fraction of sp³-hybridized carbons (Fsp3) is 0.130. The zero-order valence-corrected chi connectivity index (χ0v) is 16.4. The van der Waals surface area contributed by atoms with Crippen LogP contribution in [0.25, 0.3) is 0 Å². The molecular formula is C23H19FN2O2S. The molecule has 2 amide bonds. The molecule has 0 aromatic heterocycles. The largest absolute Gasteiger partial charge is 0.324 e. The Morgan fingerprint density at radius 1 is 1.03 bits per heavy atom. The van der Waals surface area contributed by atoms with E-state index in [0.717, 1.165) is 16.1 Å². The summed E-state index contributed by atoms with van der Waals surface area (Å²) in [5.74, 6) is -0.922. The van der Waals surface area contributed by atoms with E-state index in [1.165, 1.54) is 23.1 Å². The van der Waals surface area contributed by atoms with Gasteiger partial charge in [0.1, 0.15) is 12.4 Å². The van der Waals surface area contributed by atoms with Crippen molar-refractivity contribution in [1.29, 1.82) is 0 Å². The van der Waals surface area contributed by atoms with Crippen molar-refractivity contribution in [2.75, 3.05) is 16.8 Å². The van der Waals surface area contributed by atoms with E-state index in [-0.39, 0.29) is 30.0 Å². The molecule has 3 aromatic carbocycles. The van der Waals surface area contributed by atoms with Crippen LogP contribution in [0.15, 0.2) is 83.8 Å². The van der Waals surface area contributed by atoms with Crippen LogP contribution in [0.1, 0.15) is 17.2 Å². The highest BCUT2D eigenvalue weighted by Crippen LogP contribution is 2.45. The van der Waals surface area contributed by atoms with Crippen LogP contribution in [-0.4, -0.2) is 18.4 Å². The number of amides is 2. The molecular weight excluding hydrogens is 387 g/mol. The number of rotatable bonds is 4. The Balaban J connectivity index is 1.58. The first-order valence-electron chi connectivity index (χ1n) is 9.26. The summed E-state index contributed by atoms with van der Waals surface area (Å²) < 4.78 is 13.4. The second-order valence-corrected chi connectivity index (χ2v) is 7.97. The number of nitrogens with one attached hydrogen (secondary N) is 1. The van der Waals surface area contributed by atoms with E-state index >= 15 is 0 Å². The number of carbonyl (C=O) groups excluding carboxylic acids is 2. The lowest BCUT2D eigenvalue weighted by atomic mass is 10.1. The van der Waals surface area contributed by atoms with Gasteiger partial charge in [-0.25, -0.2) is 4.39 Å². The molecule has 6 heteroatoms. The molecule has 0 aliphatic carbocycles. The smallest absolute Gasteiger partial charge is 0.244 e. The summed E-state index contributed by atoms with van der Waals surface area (Å²) in [6, 6.07) is 23.2. The van der Waals surface area contributed by atoms with E-state index in [9.17, 15) is 14.0 Å². The van der Waals surface area contributed by atoms with Gasteiger partial charge in [-0.05, 0) is 35.9 Å². The van der Waals surface area contributed by atoms with Gasteiger partial charge in [0.05, 0.1) is 5.69 Å². The maximum Gasteiger partial charge on any atom is 0.244 e. The zero-order valence-electron chi connectivity index (χ0n) is 15.5. The van der Waals surface area contributed by atoms with Crippen molar-refractivity contribution in [3.8, 4) is 0 Å². The van der Waals surface area contributed by atoms with Gasteiger partial charge in [0, 0.05) is 22.3 Å². The van der Waals surface area contributed by atoms with Crippen LogP contribution in [0.2, 0.25) is 0 Å². The Kier molecular flexibility index (Phi) is 5.62. The van der Waals surface area contributed by atoms with Gasteiger partial charge in [0.25, 0.3) is 0 Å². The first-order valence-corrected chi connectivity index (χ1v) is 10.1. The molecule has 1 N–H and O–H groups in total.